The van der Waals surface area contributed by atoms with Gasteiger partial charge in [-0.05, 0) is 26.2 Å². The molecule has 5 heteroatoms. The van der Waals surface area contributed by atoms with Crippen LogP contribution in [-0.4, -0.2) is 35.0 Å². The Kier molecular flexibility index (Phi) is 4.20. The summed E-state index contributed by atoms with van der Waals surface area (Å²) in [6, 6.07) is 1.94. The molecule has 17 heavy (non-hydrogen) atoms. The minimum Gasteiger partial charge on any atom is -0.478 e. The van der Waals surface area contributed by atoms with E-state index in [1.165, 1.54) is 6.42 Å². The Balaban J connectivity index is 2.15. The average Bonchev–Trinajstić information content (AvgIpc) is 2.77. The van der Waals surface area contributed by atoms with Crippen LogP contribution >= 0.6 is 15.9 Å². The number of ether oxygens (including phenoxy) is 1. The summed E-state index contributed by atoms with van der Waals surface area (Å²) < 4.78 is 5.45. The summed E-state index contributed by atoms with van der Waals surface area (Å²) in [4.78, 5) is 11.1. The highest BCUT2D eigenvalue weighted by atomic mass is 79.9. The molecule has 1 saturated heterocycles. The lowest BCUT2D eigenvalue weighted by Crippen LogP contribution is -2.21. The first kappa shape index (κ1) is 12.6. The topological polar surface area (TPSA) is 38.2 Å². The molecule has 0 saturated carbocycles. The Morgan fingerprint density at radius 1 is 1.53 bits per heavy atom. The largest absolute Gasteiger partial charge is 0.478 e. The molecule has 1 aromatic rings. The van der Waals surface area contributed by atoms with Crippen molar-refractivity contribution in [1.82, 2.24) is 9.97 Å². The molecule has 0 N–H and O–H groups in total. The monoisotopic (exact) mass is 299 g/mol. The quantitative estimate of drug-likeness (QED) is 0.800. The van der Waals surface area contributed by atoms with Gasteiger partial charge >= 0.3 is 0 Å². The molecule has 0 aromatic carbocycles. The van der Waals surface area contributed by atoms with Crippen molar-refractivity contribution in [2.45, 2.75) is 20.3 Å². The normalized spacial score (nSPS) is 19.7. The number of aryl methyl sites for hydroxylation is 1. The van der Waals surface area contributed by atoms with E-state index in [9.17, 15) is 0 Å². The van der Waals surface area contributed by atoms with Gasteiger partial charge in [-0.3, -0.25) is 0 Å². The Bertz CT molecular complexity index is 386. The lowest BCUT2D eigenvalue weighted by molar-refractivity contribution is 0.325. The summed E-state index contributed by atoms with van der Waals surface area (Å²) in [7, 11) is 0. The van der Waals surface area contributed by atoms with Crippen molar-refractivity contribution >= 4 is 21.7 Å². The number of rotatable bonds is 4. The number of anilines is 1. The molecule has 94 valence electrons. The lowest BCUT2D eigenvalue weighted by atomic mass is 10.2. The van der Waals surface area contributed by atoms with Crippen LogP contribution in [0.4, 0.5) is 5.82 Å². The number of nitrogens with zero attached hydrogens (tertiary/aromatic N) is 3. The average molecular weight is 300 g/mol. The number of hydrogen-bond donors (Lipinski definition) is 0. The van der Waals surface area contributed by atoms with Crippen LogP contribution in [0.2, 0.25) is 0 Å². The molecule has 1 unspecified atom stereocenters. The van der Waals surface area contributed by atoms with Crippen LogP contribution in [0.15, 0.2) is 6.07 Å². The van der Waals surface area contributed by atoms with E-state index >= 15 is 0 Å². The van der Waals surface area contributed by atoms with Gasteiger partial charge in [0.05, 0.1) is 6.61 Å². The van der Waals surface area contributed by atoms with Gasteiger partial charge in [0.2, 0.25) is 5.88 Å². The summed E-state index contributed by atoms with van der Waals surface area (Å²) in [5.74, 6) is 3.16. The van der Waals surface area contributed by atoms with Crippen molar-refractivity contribution in [3.8, 4) is 5.88 Å². The molecule has 4 nitrogen and oxygen atoms in total. The second kappa shape index (κ2) is 5.67. The third-order valence-electron chi connectivity index (χ3n) is 2.92. The second-order valence-corrected chi connectivity index (χ2v) is 4.95. The van der Waals surface area contributed by atoms with Crippen LogP contribution in [-0.2, 0) is 0 Å². The van der Waals surface area contributed by atoms with E-state index in [-0.39, 0.29) is 0 Å². The highest BCUT2D eigenvalue weighted by molar-refractivity contribution is 9.09. The molecule has 1 fully saturated rings. The van der Waals surface area contributed by atoms with Crippen molar-refractivity contribution < 1.29 is 4.74 Å². The van der Waals surface area contributed by atoms with E-state index in [2.05, 4.69) is 30.8 Å². The minimum atomic E-state index is 0.639. The Labute approximate surface area is 111 Å². The fourth-order valence-electron chi connectivity index (χ4n) is 2.08. The maximum Gasteiger partial charge on any atom is 0.218 e. The maximum atomic E-state index is 5.45. The van der Waals surface area contributed by atoms with Gasteiger partial charge in [-0.25, -0.2) is 4.98 Å². The van der Waals surface area contributed by atoms with Crippen LogP contribution in [0, 0.1) is 12.8 Å². The number of halogens is 1. The molecule has 2 heterocycles. The van der Waals surface area contributed by atoms with Gasteiger partial charge in [-0.2, -0.15) is 4.98 Å². The van der Waals surface area contributed by atoms with Crippen molar-refractivity contribution in [3.05, 3.63) is 11.9 Å². The standard InChI is InChI=1S/C12H18BrN3O/c1-3-17-12-6-11(14-9(2)15-12)16-5-4-10(7-13)8-16/h6,10H,3-5,7-8H2,1-2H3. The summed E-state index contributed by atoms with van der Waals surface area (Å²) >= 11 is 3.55. The second-order valence-electron chi connectivity index (χ2n) is 4.30. The highest BCUT2D eigenvalue weighted by Gasteiger charge is 2.23. The van der Waals surface area contributed by atoms with Crippen molar-refractivity contribution in [2.24, 2.45) is 5.92 Å². The van der Waals surface area contributed by atoms with Gasteiger partial charge in [-0.1, -0.05) is 15.9 Å². The van der Waals surface area contributed by atoms with Crippen molar-refractivity contribution in [1.29, 1.82) is 0 Å². The number of hydrogen-bond acceptors (Lipinski definition) is 4. The van der Waals surface area contributed by atoms with Gasteiger partial charge in [0.25, 0.3) is 0 Å². The molecule has 0 amide bonds. The minimum absolute atomic E-state index is 0.639. The maximum absolute atomic E-state index is 5.45. The van der Waals surface area contributed by atoms with E-state index in [1.807, 2.05) is 19.9 Å². The predicted molar refractivity (Wildman–Crippen MR) is 72.1 cm³/mol. The Morgan fingerprint density at radius 2 is 2.35 bits per heavy atom. The summed E-state index contributed by atoms with van der Waals surface area (Å²) in [5.41, 5.74) is 0. The molecular formula is C12H18BrN3O. The zero-order valence-corrected chi connectivity index (χ0v) is 11.9. The molecule has 1 atom stereocenters. The Hall–Kier alpha value is -0.840. The van der Waals surface area contributed by atoms with E-state index in [4.69, 9.17) is 4.74 Å². The van der Waals surface area contributed by atoms with Gasteiger partial charge < -0.3 is 9.64 Å². The van der Waals surface area contributed by atoms with Crippen LogP contribution in [0.5, 0.6) is 5.88 Å². The molecular weight excluding hydrogens is 282 g/mol. The van der Waals surface area contributed by atoms with E-state index in [0.717, 1.165) is 36.0 Å². The molecule has 0 radical (unpaired) electrons. The molecule has 1 aliphatic rings. The zero-order valence-electron chi connectivity index (χ0n) is 10.3. The van der Waals surface area contributed by atoms with E-state index < -0.39 is 0 Å². The highest BCUT2D eigenvalue weighted by Crippen LogP contribution is 2.25. The van der Waals surface area contributed by atoms with Crippen LogP contribution in [0.25, 0.3) is 0 Å². The summed E-state index contributed by atoms with van der Waals surface area (Å²) in [6.45, 7) is 6.64. The van der Waals surface area contributed by atoms with Crippen LogP contribution in [0.3, 0.4) is 0 Å². The van der Waals surface area contributed by atoms with Gasteiger partial charge in [0, 0.05) is 24.5 Å². The number of aromatic nitrogens is 2. The third-order valence-corrected chi connectivity index (χ3v) is 3.84. The fraction of sp³-hybridized carbons (Fsp3) is 0.667. The smallest absolute Gasteiger partial charge is 0.218 e. The van der Waals surface area contributed by atoms with Crippen LogP contribution < -0.4 is 9.64 Å². The number of alkyl halides is 1. The first-order valence-electron chi connectivity index (χ1n) is 6.02. The zero-order chi connectivity index (χ0) is 12.3. The van der Waals surface area contributed by atoms with Crippen molar-refractivity contribution in [2.75, 3.05) is 29.9 Å². The SMILES string of the molecule is CCOc1cc(N2CCC(CBr)C2)nc(C)n1. The third kappa shape index (κ3) is 3.09. The predicted octanol–water partition coefficient (Wildman–Crippen LogP) is 2.40. The summed E-state index contributed by atoms with van der Waals surface area (Å²) in [5, 5.41) is 1.06. The first-order chi connectivity index (χ1) is 8.22. The molecule has 0 aliphatic carbocycles. The van der Waals surface area contributed by atoms with Crippen molar-refractivity contribution in [3.63, 3.8) is 0 Å². The van der Waals surface area contributed by atoms with Gasteiger partial charge in [0.1, 0.15) is 11.6 Å². The molecule has 0 bridgehead atoms. The molecule has 1 aliphatic heterocycles. The first-order valence-corrected chi connectivity index (χ1v) is 7.14. The fourth-order valence-corrected chi connectivity index (χ4v) is 2.60. The molecule has 1 aromatic heterocycles. The van der Waals surface area contributed by atoms with Gasteiger partial charge in [0.15, 0.2) is 0 Å². The van der Waals surface area contributed by atoms with Gasteiger partial charge in [-0.15, -0.1) is 0 Å². The van der Waals surface area contributed by atoms with E-state index in [1.54, 1.807) is 0 Å². The lowest BCUT2D eigenvalue weighted by Gasteiger charge is -2.18. The van der Waals surface area contributed by atoms with E-state index in [0.29, 0.717) is 12.5 Å². The molecule has 0 spiro atoms. The summed E-state index contributed by atoms with van der Waals surface area (Å²) in [6.07, 6.45) is 1.22. The molecule has 2 rings (SSSR count). The van der Waals surface area contributed by atoms with Crippen LogP contribution in [0.1, 0.15) is 19.2 Å². The Morgan fingerprint density at radius 3 is 3.00 bits per heavy atom.